The molecule has 0 unspecified atom stereocenters. The molecule has 0 amide bonds. The second-order valence-electron chi connectivity index (χ2n) is 7.96. The van der Waals surface area contributed by atoms with E-state index >= 15 is 0 Å². The first kappa shape index (κ1) is 22.4. The number of hydrogen-bond acceptors (Lipinski definition) is 7. The minimum Gasteiger partial charge on any atom is -0.457 e. The molecule has 1 aliphatic rings. The molecule has 2 aromatic carbocycles. The van der Waals surface area contributed by atoms with Crippen molar-refractivity contribution in [2.24, 2.45) is 5.92 Å². The average Bonchev–Trinajstić information content (AvgIpc) is 2.77. The number of ether oxygens (including phenoxy) is 1. The summed E-state index contributed by atoms with van der Waals surface area (Å²) in [6, 6.07) is 7.45. The highest BCUT2D eigenvalue weighted by atomic mass is 19.4. The lowest BCUT2D eigenvalue weighted by molar-refractivity contribution is -0.384. The lowest BCUT2D eigenvalue weighted by atomic mass is 9.96. The van der Waals surface area contributed by atoms with Crippen LogP contribution in [-0.2, 0) is 10.9 Å². The van der Waals surface area contributed by atoms with Crippen molar-refractivity contribution in [3.05, 3.63) is 70.0 Å². The topological polar surface area (TPSA) is 98.5 Å². The summed E-state index contributed by atoms with van der Waals surface area (Å²) in [7, 11) is 0. The monoisotopic (exact) mass is 460 g/mol. The number of nitro groups is 1. The smallest absolute Gasteiger partial charge is 0.418 e. The number of hydrogen-bond donors (Lipinski definition) is 0. The van der Waals surface area contributed by atoms with Gasteiger partial charge in [-0.2, -0.15) is 13.2 Å². The molecular formula is C22H19F3N4O4. The number of rotatable bonds is 4. The molecule has 2 atom stereocenters. The first-order chi connectivity index (χ1) is 15.6. The van der Waals surface area contributed by atoms with E-state index in [2.05, 4.69) is 9.97 Å². The highest BCUT2D eigenvalue weighted by molar-refractivity contribution is 5.91. The highest BCUT2D eigenvalue weighted by Gasteiger charge is 2.35. The molecule has 0 saturated carbocycles. The van der Waals surface area contributed by atoms with Gasteiger partial charge in [0, 0.05) is 31.1 Å². The van der Waals surface area contributed by atoms with Crippen molar-refractivity contribution < 1.29 is 27.6 Å². The predicted molar refractivity (Wildman–Crippen MR) is 113 cm³/mol. The van der Waals surface area contributed by atoms with Gasteiger partial charge in [-0.05, 0) is 36.6 Å². The van der Waals surface area contributed by atoms with Gasteiger partial charge in [0.05, 0.1) is 28.3 Å². The molecular weight excluding hydrogens is 441 g/mol. The fourth-order valence-electron chi connectivity index (χ4n) is 4.04. The van der Waals surface area contributed by atoms with Crippen LogP contribution in [0, 0.1) is 16.0 Å². The van der Waals surface area contributed by atoms with Gasteiger partial charge >= 0.3 is 12.1 Å². The molecule has 4 rings (SSSR count). The molecule has 11 heteroatoms. The van der Waals surface area contributed by atoms with Crippen LogP contribution in [0.25, 0.3) is 11.0 Å². The standard InChI is InChI=1S/C22H19F3N4O4/c1-13-10-16(33-21(30)14-2-4-15(5-3-14)29(31)32)12-28(11-13)18-7-6-17(22(23,24)25)19-20(18)27-9-8-26-19/h2-9,13,16H,10-12H2,1H3/t13-,16-/m1/s1. The molecule has 3 aromatic rings. The van der Waals surface area contributed by atoms with Crippen molar-refractivity contribution in [1.29, 1.82) is 0 Å². The fourth-order valence-corrected chi connectivity index (χ4v) is 4.04. The predicted octanol–water partition coefficient (Wildman–Crippen LogP) is 4.63. The van der Waals surface area contributed by atoms with E-state index in [1.807, 2.05) is 11.8 Å². The second kappa shape index (κ2) is 8.64. The van der Waals surface area contributed by atoms with Crippen molar-refractivity contribution in [2.45, 2.75) is 25.6 Å². The van der Waals surface area contributed by atoms with Gasteiger partial charge in [-0.25, -0.2) is 4.79 Å². The van der Waals surface area contributed by atoms with Crippen LogP contribution in [0.3, 0.4) is 0 Å². The lowest BCUT2D eigenvalue weighted by Crippen LogP contribution is -2.44. The molecule has 2 heterocycles. The van der Waals surface area contributed by atoms with Crippen LogP contribution < -0.4 is 4.90 Å². The number of nitrogens with zero attached hydrogens (tertiary/aromatic N) is 4. The van der Waals surface area contributed by atoms with Crippen LogP contribution in [0.2, 0.25) is 0 Å². The number of nitro benzene ring substituents is 1. The zero-order chi connectivity index (χ0) is 23.8. The second-order valence-corrected chi connectivity index (χ2v) is 7.96. The van der Waals surface area contributed by atoms with Crippen LogP contribution in [0.1, 0.15) is 29.3 Å². The number of carbonyl (C=O) groups is 1. The minimum atomic E-state index is -4.56. The van der Waals surface area contributed by atoms with E-state index in [1.165, 1.54) is 42.7 Å². The SMILES string of the molecule is C[C@@H]1C[C@@H](OC(=O)c2ccc([N+](=O)[O-])cc2)CN(c2ccc(C(F)(F)F)c3nccnc23)C1. The molecule has 1 aromatic heterocycles. The molecule has 0 spiro atoms. The molecule has 0 N–H and O–H groups in total. The Morgan fingerprint density at radius 3 is 2.39 bits per heavy atom. The average molecular weight is 460 g/mol. The molecule has 0 radical (unpaired) electrons. The molecule has 33 heavy (non-hydrogen) atoms. The Morgan fingerprint density at radius 1 is 1.09 bits per heavy atom. The summed E-state index contributed by atoms with van der Waals surface area (Å²) in [6.45, 7) is 2.76. The number of esters is 1. The van der Waals surface area contributed by atoms with Gasteiger partial charge in [0.1, 0.15) is 17.1 Å². The number of halogens is 3. The number of anilines is 1. The minimum absolute atomic E-state index is 0.0856. The van der Waals surface area contributed by atoms with Crippen molar-refractivity contribution in [3.8, 4) is 0 Å². The summed E-state index contributed by atoms with van der Waals surface area (Å²) in [5.74, 6) is -0.538. The van der Waals surface area contributed by atoms with Crippen molar-refractivity contribution in [3.63, 3.8) is 0 Å². The lowest BCUT2D eigenvalue weighted by Gasteiger charge is -2.37. The maximum absolute atomic E-state index is 13.4. The Kier molecular flexibility index (Phi) is 5.88. The number of carbonyl (C=O) groups excluding carboxylic acids is 1. The van der Waals surface area contributed by atoms with Gasteiger partial charge in [0.15, 0.2) is 0 Å². The third-order valence-electron chi connectivity index (χ3n) is 5.46. The van der Waals surface area contributed by atoms with Crippen LogP contribution in [0.4, 0.5) is 24.5 Å². The maximum Gasteiger partial charge on any atom is 0.418 e. The first-order valence-corrected chi connectivity index (χ1v) is 10.1. The van der Waals surface area contributed by atoms with Gasteiger partial charge in [-0.3, -0.25) is 20.1 Å². The number of aromatic nitrogens is 2. The summed E-state index contributed by atoms with van der Waals surface area (Å²) in [5, 5.41) is 10.8. The first-order valence-electron chi connectivity index (χ1n) is 10.1. The van der Waals surface area contributed by atoms with E-state index in [4.69, 9.17) is 4.74 Å². The van der Waals surface area contributed by atoms with E-state index in [1.54, 1.807) is 0 Å². The Balaban J connectivity index is 1.57. The van der Waals surface area contributed by atoms with Gasteiger partial charge in [-0.1, -0.05) is 6.92 Å². The van der Waals surface area contributed by atoms with E-state index in [0.717, 1.165) is 6.07 Å². The van der Waals surface area contributed by atoms with Gasteiger partial charge in [-0.15, -0.1) is 0 Å². The van der Waals surface area contributed by atoms with Gasteiger partial charge < -0.3 is 9.64 Å². The Hall–Kier alpha value is -3.76. The summed E-state index contributed by atoms with van der Waals surface area (Å²) in [5.41, 5.74) is -0.452. The Morgan fingerprint density at radius 2 is 1.76 bits per heavy atom. The molecule has 1 saturated heterocycles. The number of non-ortho nitro benzene ring substituents is 1. The Bertz CT molecular complexity index is 1200. The fraction of sp³-hybridized carbons (Fsp3) is 0.318. The number of piperidine rings is 1. The largest absolute Gasteiger partial charge is 0.457 e. The van der Waals surface area contributed by atoms with Crippen LogP contribution in [0.5, 0.6) is 0 Å². The van der Waals surface area contributed by atoms with Gasteiger partial charge in [0.2, 0.25) is 0 Å². The van der Waals surface area contributed by atoms with E-state index in [0.29, 0.717) is 18.7 Å². The summed E-state index contributed by atoms with van der Waals surface area (Å²) in [4.78, 5) is 32.7. The zero-order valence-electron chi connectivity index (χ0n) is 17.5. The number of benzene rings is 2. The molecule has 172 valence electrons. The number of alkyl halides is 3. The highest BCUT2D eigenvalue weighted by Crippen LogP contribution is 2.38. The van der Waals surface area contributed by atoms with Crippen LogP contribution in [-0.4, -0.2) is 40.1 Å². The van der Waals surface area contributed by atoms with E-state index < -0.39 is 28.7 Å². The molecule has 1 aliphatic heterocycles. The zero-order valence-corrected chi connectivity index (χ0v) is 17.5. The van der Waals surface area contributed by atoms with Crippen molar-refractivity contribution in [1.82, 2.24) is 9.97 Å². The van der Waals surface area contributed by atoms with Crippen molar-refractivity contribution >= 4 is 28.4 Å². The summed E-state index contributed by atoms with van der Waals surface area (Å²) >= 11 is 0. The molecule has 0 aliphatic carbocycles. The third-order valence-corrected chi connectivity index (χ3v) is 5.46. The summed E-state index contributed by atoms with van der Waals surface area (Å²) in [6.07, 6.45) is -1.96. The maximum atomic E-state index is 13.4. The van der Waals surface area contributed by atoms with Crippen LogP contribution in [0.15, 0.2) is 48.8 Å². The van der Waals surface area contributed by atoms with E-state index in [9.17, 15) is 28.1 Å². The molecule has 1 fully saturated rings. The van der Waals surface area contributed by atoms with Crippen molar-refractivity contribution in [2.75, 3.05) is 18.0 Å². The normalized spacial score (nSPS) is 18.8. The van der Waals surface area contributed by atoms with Crippen LogP contribution >= 0.6 is 0 Å². The quantitative estimate of drug-likeness (QED) is 0.318. The molecule has 0 bridgehead atoms. The molecule has 8 nitrogen and oxygen atoms in total. The number of fused-ring (bicyclic) bond motifs is 1. The summed E-state index contributed by atoms with van der Waals surface area (Å²) < 4.78 is 45.9. The third kappa shape index (κ3) is 4.71. The van der Waals surface area contributed by atoms with Gasteiger partial charge in [0.25, 0.3) is 5.69 Å². The van der Waals surface area contributed by atoms with E-state index in [-0.39, 0.29) is 34.7 Å². The Labute approximate surface area is 186 Å².